The van der Waals surface area contributed by atoms with Gasteiger partial charge in [0, 0.05) is 12.0 Å². The van der Waals surface area contributed by atoms with Gasteiger partial charge in [0.05, 0.1) is 18.5 Å². The van der Waals surface area contributed by atoms with Crippen LogP contribution in [0.25, 0.3) is 0 Å². The average Bonchev–Trinajstić information content (AvgIpc) is 3.00. The van der Waals surface area contributed by atoms with Gasteiger partial charge < -0.3 is 9.73 Å². The van der Waals surface area contributed by atoms with E-state index in [-0.39, 0.29) is 11.9 Å². The van der Waals surface area contributed by atoms with Crippen LogP contribution in [0.4, 0.5) is 0 Å². The first-order chi connectivity index (χ1) is 8.34. The topological polar surface area (TPSA) is 68.0 Å². The lowest BCUT2D eigenvalue weighted by atomic mass is 9.93. The fourth-order valence-corrected chi connectivity index (χ4v) is 2.55. The number of hydrogen-bond donors (Lipinski definition) is 1. The Labute approximate surface area is 102 Å². The molecule has 2 aromatic rings. The number of amides is 1. The Hall–Kier alpha value is -1.69. The molecule has 5 nitrogen and oxygen atoms in total. The van der Waals surface area contributed by atoms with Gasteiger partial charge in [-0.05, 0) is 30.4 Å². The monoisotopic (exact) mass is 249 g/mol. The second-order valence-electron chi connectivity index (χ2n) is 4.00. The summed E-state index contributed by atoms with van der Waals surface area (Å²) in [6.07, 6.45) is 6.11. The number of carbonyl (C=O) groups excluding carboxylic acids is 1. The SMILES string of the molecule is O=C(NC1CCCc2occc21)c1cnns1. The largest absolute Gasteiger partial charge is 0.469 e. The normalized spacial score (nSPS) is 18.7. The van der Waals surface area contributed by atoms with E-state index in [0.29, 0.717) is 4.88 Å². The minimum Gasteiger partial charge on any atom is -0.469 e. The molecule has 0 fully saturated rings. The van der Waals surface area contributed by atoms with Crippen molar-refractivity contribution in [3.63, 3.8) is 0 Å². The molecule has 1 unspecified atom stereocenters. The second-order valence-corrected chi connectivity index (χ2v) is 4.78. The number of aryl methyl sites for hydroxylation is 1. The maximum Gasteiger partial charge on any atom is 0.265 e. The van der Waals surface area contributed by atoms with Crippen molar-refractivity contribution in [1.29, 1.82) is 0 Å². The van der Waals surface area contributed by atoms with Gasteiger partial charge in [-0.1, -0.05) is 4.49 Å². The Bertz CT molecular complexity index is 521. The van der Waals surface area contributed by atoms with Crippen LogP contribution in [-0.4, -0.2) is 15.5 Å². The molecule has 0 bridgehead atoms. The standard InChI is InChI=1S/C11H11N3O2S/c15-11(10-6-12-14-17-10)13-8-2-1-3-9-7(8)4-5-16-9/h4-6,8H,1-3H2,(H,13,15). The lowest BCUT2D eigenvalue weighted by Gasteiger charge is -2.22. The molecule has 0 saturated heterocycles. The highest BCUT2D eigenvalue weighted by Gasteiger charge is 2.24. The van der Waals surface area contributed by atoms with Crippen molar-refractivity contribution in [2.75, 3.05) is 0 Å². The zero-order chi connectivity index (χ0) is 11.7. The van der Waals surface area contributed by atoms with Crippen LogP contribution in [0.5, 0.6) is 0 Å². The van der Waals surface area contributed by atoms with Crippen LogP contribution >= 0.6 is 11.5 Å². The molecule has 1 aliphatic rings. The molecule has 2 aromatic heterocycles. The zero-order valence-electron chi connectivity index (χ0n) is 9.05. The Kier molecular flexibility index (Phi) is 2.64. The molecule has 88 valence electrons. The molecule has 0 radical (unpaired) electrons. The van der Waals surface area contributed by atoms with Crippen LogP contribution in [0.15, 0.2) is 22.9 Å². The maximum atomic E-state index is 11.9. The van der Waals surface area contributed by atoms with Crippen molar-refractivity contribution in [3.8, 4) is 0 Å². The van der Waals surface area contributed by atoms with Gasteiger partial charge in [-0.15, -0.1) is 5.10 Å². The first-order valence-corrected chi connectivity index (χ1v) is 6.26. The van der Waals surface area contributed by atoms with Crippen molar-refractivity contribution < 1.29 is 9.21 Å². The third-order valence-corrected chi connectivity index (χ3v) is 3.61. The molecule has 17 heavy (non-hydrogen) atoms. The van der Waals surface area contributed by atoms with E-state index in [4.69, 9.17) is 4.42 Å². The maximum absolute atomic E-state index is 11.9. The van der Waals surface area contributed by atoms with E-state index >= 15 is 0 Å². The Balaban J connectivity index is 1.77. The fraction of sp³-hybridized carbons (Fsp3) is 0.364. The summed E-state index contributed by atoms with van der Waals surface area (Å²) in [5.41, 5.74) is 1.10. The summed E-state index contributed by atoms with van der Waals surface area (Å²) >= 11 is 1.11. The summed E-state index contributed by atoms with van der Waals surface area (Å²) in [6.45, 7) is 0. The van der Waals surface area contributed by atoms with E-state index in [0.717, 1.165) is 42.1 Å². The summed E-state index contributed by atoms with van der Waals surface area (Å²) in [5.74, 6) is 0.878. The van der Waals surface area contributed by atoms with Crippen molar-refractivity contribution >= 4 is 17.4 Å². The fourth-order valence-electron chi connectivity index (χ4n) is 2.13. The number of nitrogens with zero attached hydrogens (tertiary/aromatic N) is 2. The summed E-state index contributed by atoms with van der Waals surface area (Å²) in [4.78, 5) is 12.4. The van der Waals surface area contributed by atoms with E-state index in [1.165, 1.54) is 6.20 Å². The first kappa shape index (κ1) is 10.5. The lowest BCUT2D eigenvalue weighted by Crippen LogP contribution is -2.29. The molecular formula is C11H11N3O2S. The molecule has 3 rings (SSSR count). The summed E-state index contributed by atoms with van der Waals surface area (Å²) in [6, 6.07) is 1.98. The van der Waals surface area contributed by atoms with E-state index < -0.39 is 0 Å². The highest BCUT2D eigenvalue weighted by molar-refractivity contribution is 7.07. The van der Waals surface area contributed by atoms with Crippen molar-refractivity contribution in [2.24, 2.45) is 0 Å². The number of furan rings is 1. The van der Waals surface area contributed by atoms with Gasteiger partial charge in [-0.3, -0.25) is 4.79 Å². The van der Waals surface area contributed by atoms with Gasteiger partial charge >= 0.3 is 0 Å². The first-order valence-electron chi connectivity index (χ1n) is 5.49. The summed E-state index contributed by atoms with van der Waals surface area (Å²) < 4.78 is 9.07. The number of nitrogens with one attached hydrogen (secondary N) is 1. The quantitative estimate of drug-likeness (QED) is 0.883. The number of aromatic nitrogens is 2. The molecule has 0 aliphatic heterocycles. The zero-order valence-corrected chi connectivity index (χ0v) is 9.87. The van der Waals surface area contributed by atoms with Gasteiger partial charge in [0.2, 0.25) is 0 Å². The molecule has 2 heterocycles. The van der Waals surface area contributed by atoms with Crippen LogP contribution in [0.2, 0.25) is 0 Å². The number of carbonyl (C=O) groups is 1. The van der Waals surface area contributed by atoms with Gasteiger partial charge in [-0.2, -0.15) is 0 Å². The van der Waals surface area contributed by atoms with Crippen LogP contribution in [0.1, 0.15) is 39.9 Å². The summed E-state index contributed by atoms with van der Waals surface area (Å²) in [7, 11) is 0. The Morgan fingerprint density at radius 3 is 3.35 bits per heavy atom. The van der Waals surface area contributed by atoms with Crippen LogP contribution in [-0.2, 0) is 6.42 Å². The molecule has 0 aromatic carbocycles. The molecule has 1 amide bonds. The molecular weight excluding hydrogens is 238 g/mol. The van der Waals surface area contributed by atoms with E-state index in [1.54, 1.807) is 6.26 Å². The molecule has 1 atom stereocenters. The number of rotatable bonds is 2. The van der Waals surface area contributed by atoms with E-state index in [9.17, 15) is 4.79 Å². The number of fused-ring (bicyclic) bond motifs is 1. The number of hydrogen-bond acceptors (Lipinski definition) is 5. The van der Waals surface area contributed by atoms with Gasteiger partial charge in [0.1, 0.15) is 10.6 Å². The molecule has 1 aliphatic carbocycles. The highest BCUT2D eigenvalue weighted by atomic mass is 32.1. The van der Waals surface area contributed by atoms with E-state index in [1.807, 2.05) is 6.07 Å². The smallest absolute Gasteiger partial charge is 0.265 e. The molecule has 0 spiro atoms. The minimum absolute atomic E-state index is 0.0482. The third kappa shape index (κ3) is 1.95. The predicted molar refractivity (Wildman–Crippen MR) is 61.8 cm³/mol. The Morgan fingerprint density at radius 1 is 1.59 bits per heavy atom. The molecule has 0 saturated carbocycles. The van der Waals surface area contributed by atoms with Crippen LogP contribution < -0.4 is 5.32 Å². The van der Waals surface area contributed by atoms with Gasteiger partial charge in [-0.25, -0.2) is 0 Å². The third-order valence-electron chi connectivity index (χ3n) is 2.94. The van der Waals surface area contributed by atoms with Crippen molar-refractivity contribution in [2.45, 2.75) is 25.3 Å². The lowest BCUT2D eigenvalue weighted by molar-refractivity contribution is 0.0936. The van der Waals surface area contributed by atoms with E-state index in [2.05, 4.69) is 14.9 Å². The Morgan fingerprint density at radius 2 is 2.53 bits per heavy atom. The van der Waals surface area contributed by atoms with Gasteiger partial charge in [0.15, 0.2) is 0 Å². The van der Waals surface area contributed by atoms with Crippen molar-refractivity contribution in [3.05, 3.63) is 34.7 Å². The van der Waals surface area contributed by atoms with Crippen LogP contribution in [0, 0.1) is 0 Å². The molecule has 6 heteroatoms. The predicted octanol–water partition coefficient (Wildman–Crippen LogP) is 1.94. The highest BCUT2D eigenvalue weighted by Crippen LogP contribution is 2.30. The van der Waals surface area contributed by atoms with Gasteiger partial charge in [0.25, 0.3) is 5.91 Å². The summed E-state index contributed by atoms with van der Waals surface area (Å²) in [5, 5.41) is 6.65. The van der Waals surface area contributed by atoms with Crippen LogP contribution in [0.3, 0.4) is 0 Å². The minimum atomic E-state index is -0.112. The average molecular weight is 249 g/mol. The van der Waals surface area contributed by atoms with Crippen molar-refractivity contribution in [1.82, 2.24) is 14.9 Å². The second kappa shape index (κ2) is 4.29. The molecule has 1 N–H and O–H groups in total.